The quantitative estimate of drug-likeness (QED) is 0.498. The van der Waals surface area contributed by atoms with E-state index in [-0.39, 0.29) is 11.1 Å². The molecule has 0 aliphatic rings. The maximum absolute atomic E-state index is 12.5. The summed E-state index contributed by atoms with van der Waals surface area (Å²) in [6.07, 6.45) is 3.15. The van der Waals surface area contributed by atoms with Crippen LogP contribution in [0.2, 0.25) is 5.02 Å². The molecule has 3 rings (SSSR count). The lowest BCUT2D eigenvalue weighted by Crippen LogP contribution is -2.14. The number of nitriles is 1. The number of nitrogens with one attached hydrogen (secondary N) is 1. The smallest absolute Gasteiger partial charge is 0.335 e. The molecular formula is C21H14ClN3O3. The molecule has 6 nitrogen and oxygen atoms in total. The van der Waals surface area contributed by atoms with Gasteiger partial charge < -0.3 is 15.0 Å². The number of nitrogens with zero attached hydrogens (tertiary/aromatic N) is 2. The number of aromatic carboxylic acids is 1. The van der Waals surface area contributed by atoms with Gasteiger partial charge in [-0.25, -0.2) is 4.79 Å². The third-order valence-electron chi connectivity index (χ3n) is 3.93. The molecule has 0 saturated heterocycles. The van der Waals surface area contributed by atoms with Crippen LogP contribution in [0.5, 0.6) is 0 Å². The van der Waals surface area contributed by atoms with Crippen LogP contribution in [-0.2, 0) is 4.79 Å². The number of carbonyl (C=O) groups is 2. The van der Waals surface area contributed by atoms with Crippen molar-refractivity contribution in [3.63, 3.8) is 0 Å². The van der Waals surface area contributed by atoms with Gasteiger partial charge in [0.25, 0.3) is 5.91 Å². The van der Waals surface area contributed by atoms with Crippen molar-refractivity contribution in [2.24, 2.45) is 0 Å². The molecule has 1 heterocycles. The Hall–Kier alpha value is -3.82. The number of carbonyl (C=O) groups excluding carboxylic acids is 1. The molecule has 1 aromatic heterocycles. The molecule has 0 fully saturated rings. The van der Waals surface area contributed by atoms with Crippen molar-refractivity contribution in [1.29, 1.82) is 5.26 Å². The van der Waals surface area contributed by atoms with E-state index in [1.165, 1.54) is 18.2 Å². The number of hydrogen-bond donors (Lipinski definition) is 2. The first-order valence-corrected chi connectivity index (χ1v) is 8.56. The average Bonchev–Trinajstić information content (AvgIpc) is 3.16. The van der Waals surface area contributed by atoms with Gasteiger partial charge in [0.05, 0.1) is 16.3 Å². The highest BCUT2D eigenvalue weighted by molar-refractivity contribution is 6.34. The van der Waals surface area contributed by atoms with Crippen LogP contribution in [0.3, 0.4) is 0 Å². The van der Waals surface area contributed by atoms with Gasteiger partial charge in [0.1, 0.15) is 11.6 Å². The number of aromatic nitrogens is 1. The average molecular weight is 392 g/mol. The zero-order chi connectivity index (χ0) is 20.1. The molecule has 0 bridgehead atoms. The van der Waals surface area contributed by atoms with Crippen LogP contribution in [0.1, 0.15) is 16.1 Å². The first-order chi connectivity index (χ1) is 13.5. The molecule has 138 valence electrons. The fraction of sp³-hybridized carbons (Fsp3) is 0. The monoisotopic (exact) mass is 391 g/mol. The number of benzene rings is 2. The van der Waals surface area contributed by atoms with Crippen molar-refractivity contribution >= 4 is 35.2 Å². The normalized spacial score (nSPS) is 10.9. The maximum Gasteiger partial charge on any atom is 0.335 e. The Morgan fingerprint density at radius 2 is 1.89 bits per heavy atom. The molecule has 2 aromatic carbocycles. The largest absolute Gasteiger partial charge is 0.478 e. The van der Waals surface area contributed by atoms with Crippen LogP contribution < -0.4 is 5.32 Å². The number of amides is 1. The number of hydrogen-bond acceptors (Lipinski definition) is 3. The highest BCUT2D eigenvalue weighted by Crippen LogP contribution is 2.22. The van der Waals surface area contributed by atoms with Crippen LogP contribution in [0.25, 0.3) is 11.8 Å². The molecule has 0 unspecified atom stereocenters. The van der Waals surface area contributed by atoms with E-state index in [4.69, 9.17) is 16.7 Å². The summed E-state index contributed by atoms with van der Waals surface area (Å²) in [4.78, 5) is 23.7. The molecule has 7 heteroatoms. The van der Waals surface area contributed by atoms with Crippen molar-refractivity contribution < 1.29 is 14.7 Å². The molecule has 0 spiro atoms. The van der Waals surface area contributed by atoms with E-state index < -0.39 is 11.9 Å². The summed E-state index contributed by atoms with van der Waals surface area (Å²) >= 11 is 6.04. The zero-order valence-corrected chi connectivity index (χ0v) is 15.2. The third kappa shape index (κ3) is 4.11. The molecule has 0 atom stereocenters. The van der Waals surface area contributed by atoms with Crippen LogP contribution in [0, 0.1) is 11.3 Å². The fourth-order valence-electron chi connectivity index (χ4n) is 2.58. The predicted octanol–water partition coefficient (Wildman–Crippen LogP) is 4.37. The van der Waals surface area contributed by atoms with E-state index in [2.05, 4.69) is 5.32 Å². The Labute approximate surface area is 165 Å². The molecule has 2 N–H and O–H groups in total. The number of halogens is 1. The Bertz CT molecular complexity index is 1130. The predicted molar refractivity (Wildman–Crippen MR) is 106 cm³/mol. The minimum absolute atomic E-state index is 0.116. The van der Waals surface area contributed by atoms with Crippen LogP contribution in [-0.4, -0.2) is 21.6 Å². The Morgan fingerprint density at radius 3 is 2.61 bits per heavy atom. The van der Waals surface area contributed by atoms with E-state index in [0.29, 0.717) is 22.1 Å². The summed E-state index contributed by atoms with van der Waals surface area (Å²) in [6.45, 7) is 0. The lowest BCUT2D eigenvalue weighted by molar-refractivity contribution is -0.112. The van der Waals surface area contributed by atoms with E-state index >= 15 is 0 Å². The standard InChI is InChI=1S/C21H14ClN3O3/c22-18-8-1-2-9-19(18)24-20(26)15(13-23)12-17-7-4-10-25(17)16-6-3-5-14(11-16)21(27)28/h1-12H,(H,24,26)(H,27,28)/b15-12+. The molecular weight excluding hydrogens is 378 g/mol. The van der Waals surface area contributed by atoms with E-state index in [0.717, 1.165) is 0 Å². The lowest BCUT2D eigenvalue weighted by Gasteiger charge is -2.09. The fourth-order valence-corrected chi connectivity index (χ4v) is 2.77. The van der Waals surface area contributed by atoms with Gasteiger partial charge in [-0.1, -0.05) is 29.8 Å². The second kappa shape index (κ2) is 8.25. The van der Waals surface area contributed by atoms with Gasteiger partial charge in [0.2, 0.25) is 0 Å². The Kier molecular flexibility index (Phi) is 5.58. The molecule has 0 aliphatic carbocycles. The summed E-state index contributed by atoms with van der Waals surface area (Å²) in [6, 6.07) is 18.4. The van der Waals surface area contributed by atoms with Gasteiger partial charge >= 0.3 is 5.97 Å². The van der Waals surface area contributed by atoms with Gasteiger partial charge in [-0.05, 0) is 48.5 Å². The molecule has 3 aromatic rings. The van der Waals surface area contributed by atoms with Crippen LogP contribution in [0.4, 0.5) is 5.69 Å². The number of rotatable bonds is 5. The molecule has 28 heavy (non-hydrogen) atoms. The first-order valence-electron chi connectivity index (χ1n) is 8.18. The summed E-state index contributed by atoms with van der Waals surface area (Å²) in [7, 11) is 0. The minimum Gasteiger partial charge on any atom is -0.478 e. The highest BCUT2D eigenvalue weighted by atomic mass is 35.5. The van der Waals surface area contributed by atoms with E-state index in [1.807, 2.05) is 6.07 Å². The molecule has 0 radical (unpaired) electrons. The SMILES string of the molecule is N#C/C(=C\c1cccn1-c1cccc(C(=O)O)c1)C(=O)Nc1ccccc1Cl. The number of para-hydroxylation sites is 1. The Morgan fingerprint density at radius 1 is 1.11 bits per heavy atom. The molecule has 0 saturated carbocycles. The second-order valence-corrected chi connectivity index (χ2v) is 6.17. The lowest BCUT2D eigenvalue weighted by atomic mass is 10.2. The van der Waals surface area contributed by atoms with Gasteiger partial charge in [0.15, 0.2) is 0 Å². The number of carboxylic acid groups (broad SMARTS) is 1. The van der Waals surface area contributed by atoms with Crippen LogP contribution >= 0.6 is 11.6 Å². The van der Waals surface area contributed by atoms with Crippen molar-refractivity contribution in [3.05, 3.63) is 88.7 Å². The summed E-state index contributed by atoms with van der Waals surface area (Å²) in [5.41, 5.74) is 1.57. The van der Waals surface area contributed by atoms with Gasteiger partial charge in [0, 0.05) is 17.6 Å². The molecule has 1 amide bonds. The topological polar surface area (TPSA) is 95.1 Å². The minimum atomic E-state index is -1.04. The molecule has 0 aliphatic heterocycles. The third-order valence-corrected chi connectivity index (χ3v) is 4.26. The van der Waals surface area contributed by atoms with E-state index in [9.17, 15) is 14.9 Å². The number of carboxylic acids is 1. The van der Waals surface area contributed by atoms with Crippen molar-refractivity contribution in [3.8, 4) is 11.8 Å². The van der Waals surface area contributed by atoms with Crippen molar-refractivity contribution in [2.45, 2.75) is 0 Å². The van der Waals surface area contributed by atoms with Gasteiger partial charge in [-0.15, -0.1) is 0 Å². The zero-order valence-electron chi connectivity index (χ0n) is 14.5. The Balaban J connectivity index is 1.93. The first kappa shape index (κ1) is 19.0. The summed E-state index contributed by atoms with van der Waals surface area (Å²) in [5, 5.41) is 21.6. The van der Waals surface area contributed by atoms with Gasteiger partial charge in [-0.3, -0.25) is 4.79 Å². The number of anilines is 1. The summed E-state index contributed by atoms with van der Waals surface area (Å²) in [5.74, 6) is -1.63. The highest BCUT2D eigenvalue weighted by Gasteiger charge is 2.13. The van der Waals surface area contributed by atoms with Crippen LogP contribution in [0.15, 0.2) is 72.4 Å². The van der Waals surface area contributed by atoms with E-state index in [1.54, 1.807) is 59.3 Å². The van der Waals surface area contributed by atoms with Crippen molar-refractivity contribution in [2.75, 3.05) is 5.32 Å². The maximum atomic E-state index is 12.5. The van der Waals surface area contributed by atoms with Gasteiger partial charge in [-0.2, -0.15) is 5.26 Å². The van der Waals surface area contributed by atoms with Crippen molar-refractivity contribution in [1.82, 2.24) is 4.57 Å². The second-order valence-electron chi connectivity index (χ2n) is 5.76. The summed E-state index contributed by atoms with van der Waals surface area (Å²) < 4.78 is 1.69.